The number of ether oxygens (including phenoxy) is 2. The van der Waals surface area contributed by atoms with Gasteiger partial charge < -0.3 is 9.47 Å². The summed E-state index contributed by atoms with van der Waals surface area (Å²) in [5, 5.41) is 0. The van der Waals surface area contributed by atoms with Gasteiger partial charge in [-0.2, -0.15) is 0 Å². The number of allylic oxidation sites excluding steroid dienone is 1. The topological polar surface area (TPSA) is 18.5 Å². The molecule has 0 unspecified atom stereocenters. The Bertz CT molecular complexity index is 120. The van der Waals surface area contributed by atoms with Crippen LogP contribution in [0, 0.1) is 0 Å². The van der Waals surface area contributed by atoms with Crippen LogP contribution in [0.3, 0.4) is 0 Å². The van der Waals surface area contributed by atoms with Crippen LogP contribution in [0.5, 0.6) is 0 Å². The van der Waals surface area contributed by atoms with Crippen LogP contribution >= 0.6 is 0 Å². The molecule has 0 aromatic carbocycles. The van der Waals surface area contributed by atoms with Gasteiger partial charge in [-0.1, -0.05) is 6.08 Å². The standard InChI is InChI=1S/C9H20O2Si/c1-5-8-12-9(4,10-6-2)11-7-3/h5H,1,6-8,12H2,2-4H3. The van der Waals surface area contributed by atoms with Crippen LogP contribution in [0.4, 0.5) is 0 Å². The Morgan fingerprint density at radius 2 is 1.83 bits per heavy atom. The molecule has 2 nitrogen and oxygen atoms in total. The molecule has 0 aromatic rings. The Hall–Kier alpha value is -0.123. The summed E-state index contributed by atoms with van der Waals surface area (Å²) in [6.07, 6.45) is 1.95. The summed E-state index contributed by atoms with van der Waals surface area (Å²) in [4.78, 5) is 0. The largest absolute Gasteiger partial charge is 0.355 e. The Morgan fingerprint density at radius 3 is 2.17 bits per heavy atom. The van der Waals surface area contributed by atoms with Gasteiger partial charge in [0.15, 0.2) is 0 Å². The van der Waals surface area contributed by atoms with E-state index in [1.807, 2.05) is 26.8 Å². The molecule has 0 aliphatic carbocycles. The molecule has 0 heterocycles. The molecule has 0 saturated heterocycles. The summed E-state index contributed by atoms with van der Waals surface area (Å²) in [5.41, 5.74) is -0.280. The van der Waals surface area contributed by atoms with Crippen molar-refractivity contribution >= 4 is 9.52 Å². The second-order valence-electron chi connectivity index (χ2n) is 2.83. The van der Waals surface area contributed by atoms with Crippen molar-refractivity contribution < 1.29 is 9.47 Å². The molecule has 0 rings (SSSR count). The highest BCUT2D eigenvalue weighted by molar-refractivity contribution is 6.39. The van der Waals surface area contributed by atoms with E-state index < -0.39 is 0 Å². The summed E-state index contributed by atoms with van der Waals surface area (Å²) >= 11 is 0. The molecular formula is C9H20O2Si. The molecule has 0 aromatic heterocycles. The predicted molar refractivity (Wildman–Crippen MR) is 55.2 cm³/mol. The first-order valence-electron chi connectivity index (χ1n) is 4.57. The second kappa shape index (κ2) is 6.40. The molecule has 0 aliphatic heterocycles. The van der Waals surface area contributed by atoms with Crippen LogP contribution in [0.1, 0.15) is 20.8 Å². The average Bonchev–Trinajstić information content (AvgIpc) is 2.02. The minimum Gasteiger partial charge on any atom is -0.355 e. The van der Waals surface area contributed by atoms with Gasteiger partial charge in [0.25, 0.3) is 0 Å². The quantitative estimate of drug-likeness (QED) is 0.342. The summed E-state index contributed by atoms with van der Waals surface area (Å²) in [6, 6.07) is 1.07. The van der Waals surface area contributed by atoms with E-state index in [1.54, 1.807) is 0 Å². The fraction of sp³-hybridized carbons (Fsp3) is 0.778. The van der Waals surface area contributed by atoms with Gasteiger partial charge in [-0.05, 0) is 26.8 Å². The zero-order valence-electron chi connectivity index (χ0n) is 8.43. The minimum absolute atomic E-state index is 0.280. The van der Waals surface area contributed by atoms with Crippen LogP contribution < -0.4 is 0 Å². The summed E-state index contributed by atoms with van der Waals surface area (Å²) in [7, 11) is -0.356. The molecule has 0 bridgehead atoms. The maximum Gasteiger partial charge on any atom is 0.142 e. The van der Waals surface area contributed by atoms with Gasteiger partial charge >= 0.3 is 0 Å². The fourth-order valence-corrected chi connectivity index (χ4v) is 2.59. The minimum atomic E-state index is -0.356. The molecule has 3 heteroatoms. The summed E-state index contributed by atoms with van der Waals surface area (Å²) in [6.45, 7) is 11.2. The Kier molecular flexibility index (Phi) is 6.33. The first-order chi connectivity index (χ1) is 5.68. The smallest absolute Gasteiger partial charge is 0.142 e. The van der Waals surface area contributed by atoms with Crippen molar-refractivity contribution in [3.8, 4) is 0 Å². The maximum absolute atomic E-state index is 5.56. The van der Waals surface area contributed by atoms with Crippen molar-refractivity contribution in [3.63, 3.8) is 0 Å². The lowest BCUT2D eigenvalue weighted by molar-refractivity contribution is -0.162. The Balaban J connectivity index is 3.88. The van der Waals surface area contributed by atoms with Crippen molar-refractivity contribution in [2.45, 2.75) is 32.2 Å². The molecule has 0 atom stereocenters. The highest BCUT2D eigenvalue weighted by Crippen LogP contribution is 2.12. The first kappa shape index (κ1) is 11.9. The second-order valence-corrected chi connectivity index (χ2v) is 5.19. The lowest BCUT2D eigenvalue weighted by Crippen LogP contribution is -2.38. The third-order valence-corrected chi connectivity index (χ3v) is 3.72. The van der Waals surface area contributed by atoms with Crippen LogP contribution in [-0.4, -0.2) is 28.1 Å². The molecule has 0 fully saturated rings. The van der Waals surface area contributed by atoms with Crippen LogP contribution in [0.15, 0.2) is 12.7 Å². The first-order valence-corrected chi connectivity index (χ1v) is 6.28. The summed E-state index contributed by atoms with van der Waals surface area (Å²) < 4.78 is 11.1. The van der Waals surface area contributed by atoms with E-state index in [9.17, 15) is 0 Å². The van der Waals surface area contributed by atoms with E-state index in [1.165, 1.54) is 0 Å². The predicted octanol–water partition coefficient (Wildman–Crippen LogP) is 1.51. The van der Waals surface area contributed by atoms with Crippen molar-refractivity contribution in [1.29, 1.82) is 0 Å². The van der Waals surface area contributed by atoms with Gasteiger partial charge in [-0.25, -0.2) is 0 Å². The molecule has 0 aliphatic rings. The lowest BCUT2D eigenvalue weighted by Gasteiger charge is -2.28. The van der Waals surface area contributed by atoms with Crippen molar-refractivity contribution in [3.05, 3.63) is 12.7 Å². The van der Waals surface area contributed by atoms with Gasteiger partial charge in [0.05, 0.1) is 9.52 Å². The van der Waals surface area contributed by atoms with Gasteiger partial charge in [-0.3, -0.25) is 0 Å². The third-order valence-electron chi connectivity index (χ3n) is 1.70. The molecule has 0 N–H and O–H groups in total. The summed E-state index contributed by atoms with van der Waals surface area (Å²) in [5.74, 6) is 0. The van der Waals surface area contributed by atoms with E-state index in [0.29, 0.717) is 0 Å². The van der Waals surface area contributed by atoms with Gasteiger partial charge in [0.1, 0.15) is 5.41 Å². The molecule has 0 amide bonds. The van der Waals surface area contributed by atoms with E-state index in [2.05, 4.69) is 6.58 Å². The zero-order valence-corrected chi connectivity index (χ0v) is 9.84. The molecule has 0 radical (unpaired) electrons. The van der Waals surface area contributed by atoms with Gasteiger partial charge in [0.2, 0.25) is 0 Å². The Morgan fingerprint density at radius 1 is 1.33 bits per heavy atom. The van der Waals surface area contributed by atoms with E-state index in [4.69, 9.17) is 9.47 Å². The Labute approximate surface area is 77.8 Å². The van der Waals surface area contributed by atoms with Crippen LogP contribution in [0.2, 0.25) is 6.04 Å². The number of rotatable bonds is 7. The molecule has 72 valence electrons. The average molecular weight is 188 g/mol. The monoisotopic (exact) mass is 188 g/mol. The fourth-order valence-electron chi connectivity index (χ4n) is 1.16. The number of hydrogen-bond acceptors (Lipinski definition) is 2. The highest BCUT2D eigenvalue weighted by atomic mass is 28.2. The molecule has 0 saturated carbocycles. The SMILES string of the molecule is C=CC[SiH2]C(C)(OCC)OCC. The van der Waals surface area contributed by atoms with Crippen molar-refractivity contribution in [2.75, 3.05) is 13.2 Å². The molecule has 0 spiro atoms. The zero-order chi connectivity index (χ0) is 9.45. The molecular weight excluding hydrogens is 168 g/mol. The van der Waals surface area contributed by atoms with Gasteiger partial charge in [0, 0.05) is 13.2 Å². The number of hydrogen-bond donors (Lipinski definition) is 0. The van der Waals surface area contributed by atoms with Crippen LogP contribution in [0.25, 0.3) is 0 Å². The van der Waals surface area contributed by atoms with Crippen molar-refractivity contribution in [1.82, 2.24) is 0 Å². The van der Waals surface area contributed by atoms with Crippen LogP contribution in [-0.2, 0) is 9.47 Å². The molecule has 12 heavy (non-hydrogen) atoms. The van der Waals surface area contributed by atoms with E-state index >= 15 is 0 Å². The van der Waals surface area contributed by atoms with Gasteiger partial charge in [-0.15, -0.1) is 6.58 Å². The lowest BCUT2D eigenvalue weighted by atomic mass is 10.7. The van der Waals surface area contributed by atoms with E-state index in [0.717, 1.165) is 19.3 Å². The highest BCUT2D eigenvalue weighted by Gasteiger charge is 2.23. The normalized spacial score (nSPS) is 12.6. The van der Waals surface area contributed by atoms with Crippen molar-refractivity contribution in [2.24, 2.45) is 0 Å². The maximum atomic E-state index is 5.56. The van der Waals surface area contributed by atoms with E-state index in [-0.39, 0.29) is 14.9 Å². The third kappa shape index (κ3) is 4.69.